The molecule has 22 heavy (non-hydrogen) atoms. The van der Waals surface area contributed by atoms with E-state index in [-0.39, 0.29) is 11.9 Å². The third kappa shape index (κ3) is 2.77. The number of anilines is 1. The van der Waals surface area contributed by atoms with E-state index in [1.165, 1.54) is 0 Å². The predicted octanol–water partition coefficient (Wildman–Crippen LogP) is 2.79. The van der Waals surface area contributed by atoms with E-state index >= 15 is 0 Å². The van der Waals surface area contributed by atoms with Crippen LogP contribution < -0.4 is 15.4 Å². The predicted molar refractivity (Wildman–Crippen MR) is 85.5 cm³/mol. The molecule has 2 N–H and O–H groups in total. The van der Waals surface area contributed by atoms with Gasteiger partial charge in [0.2, 0.25) is 5.88 Å². The zero-order valence-electron chi connectivity index (χ0n) is 12.1. The number of benzene rings is 1. The maximum atomic E-state index is 12.7. The zero-order chi connectivity index (χ0) is 15.7. The van der Waals surface area contributed by atoms with Crippen molar-refractivity contribution >= 4 is 23.2 Å². The molecule has 0 bridgehead atoms. The highest BCUT2D eigenvalue weighted by Gasteiger charge is 2.26. The first-order valence-corrected chi connectivity index (χ1v) is 7.41. The SMILES string of the molecule is CC(N)c1ccc2c(n1)OCCN2C(=O)c1cccc(Cl)c1. The van der Waals surface area contributed by atoms with Crippen LogP contribution in [0.25, 0.3) is 0 Å². The number of amides is 1. The van der Waals surface area contributed by atoms with Crippen molar-refractivity contribution < 1.29 is 9.53 Å². The molecule has 0 fully saturated rings. The fourth-order valence-electron chi connectivity index (χ4n) is 2.35. The summed E-state index contributed by atoms with van der Waals surface area (Å²) in [5, 5.41) is 0.532. The van der Waals surface area contributed by atoms with Crippen molar-refractivity contribution in [1.82, 2.24) is 4.98 Å². The minimum atomic E-state index is -0.187. The molecule has 0 spiro atoms. The Bertz CT molecular complexity index is 718. The van der Waals surface area contributed by atoms with Crippen molar-refractivity contribution in [3.63, 3.8) is 0 Å². The second-order valence-electron chi connectivity index (χ2n) is 5.16. The summed E-state index contributed by atoms with van der Waals surface area (Å²) in [6, 6.07) is 10.3. The summed E-state index contributed by atoms with van der Waals surface area (Å²) in [6.07, 6.45) is 0. The second kappa shape index (κ2) is 5.94. The van der Waals surface area contributed by atoms with Gasteiger partial charge in [-0.2, -0.15) is 0 Å². The van der Waals surface area contributed by atoms with Gasteiger partial charge in [0.05, 0.1) is 12.2 Å². The molecule has 1 atom stereocenters. The molecular weight excluding hydrogens is 302 g/mol. The lowest BCUT2D eigenvalue weighted by Crippen LogP contribution is -2.38. The third-order valence-electron chi connectivity index (χ3n) is 3.49. The number of pyridine rings is 1. The van der Waals surface area contributed by atoms with Crippen LogP contribution in [0, 0.1) is 0 Å². The first-order chi connectivity index (χ1) is 10.6. The molecule has 0 radical (unpaired) electrons. The highest BCUT2D eigenvalue weighted by atomic mass is 35.5. The first kappa shape index (κ1) is 14.8. The molecule has 6 heteroatoms. The van der Waals surface area contributed by atoms with Crippen molar-refractivity contribution in [2.45, 2.75) is 13.0 Å². The molecule has 1 aromatic carbocycles. The fourth-order valence-corrected chi connectivity index (χ4v) is 2.55. The minimum absolute atomic E-state index is 0.123. The topological polar surface area (TPSA) is 68.5 Å². The van der Waals surface area contributed by atoms with E-state index in [1.54, 1.807) is 29.2 Å². The number of nitrogens with zero attached hydrogens (tertiary/aromatic N) is 2. The molecule has 1 unspecified atom stereocenters. The number of nitrogens with two attached hydrogens (primary N) is 1. The molecule has 1 amide bonds. The van der Waals surface area contributed by atoms with E-state index in [0.29, 0.717) is 35.3 Å². The first-order valence-electron chi connectivity index (χ1n) is 7.03. The monoisotopic (exact) mass is 317 g/mol. The molecule has 0 saturated carbocycles. The summed E-state index contributed by atoms with van der Waals surface area (Å²) < 4.78 is 5.57. The Hall–Kier alpha value is -2.11. The number of hydrogen-bond donors (Lipinski definition) is 1. The summed E-state index contributed by atoms with van der Waals surface area (Å²) >= 11 is 5.96. The average Bonchev–Trinajstić information content (AvgIpc) is 2.53. The molecule has 114 valence electrons. The van der Waals surface area contributed by atoms with Crippen LogP contribution in [0.3, 0.4) is 0 Å². The van der Waals surface area contributed by atoms with Crippen LogP contribution in [0.2, 0.25) is 5.02 Å². The van der Waals surface area contributed by atoms with E-state index in [4.69, 9.17) is 22.1 Å². The Morgan fingerprint density at radius 1 is 1.41 bits per heavy atom. The van der Waals surface area contributed by atoms with Crippen LogP contribution in [0.15, 0.2) is 36.4 Å². The molecule has 1 aromatic heterocycles. The van der Waals surface area contributed by atoms with Crippen LogP contribution in [0.5, 0.6) is 5.88 Å². The fraction of sp³-hybridized carbons (Fsp3) is 0.250. The van der Waals surface area contributed by atoms with E-state index in [0.717, 1.165) is 5.69 Å². The molecular formula is C16H16ClN3O2. The van der Waals surface area contributed by atoms with Gasteiger partial charge in [-0.1, -0.05) is 17.7 Å². The molecule has 0 saturated heterocycles. The highest BCUT2D eigenvalue weighted by Crippen LogP contribution is 2.32. The summed E-state index contributed by atoms with van der Waals surface area (Å²) in [5.74, 6) is 0.318. The number of fused-ring (bicyclic) bond motifs is 1. The molecule has 2 aromatic rings. The Labute approximate surface area is 133 Å². The van der Waals surface area contributed by atoms with Crippen LogP contribution in [-0.4, -0.2) is 24.0 Å². The van der Waals surface area contributed by atoms with Gasteiger partial charge < -0.3 is 15.4 Å². The van der Waals surface area contributed by atoms with Gasteiger partial charge in [0.25, 0.3) is 5.91 Å². The molecule has 0 aliphatic carbocycles. The second-order valence-corrected chi connectivity index (χ2v) is 5.60. The van der Waals surface area contributed by atoms with Gasteiger partial charge in [-0.3, -0.25) is 4.79 Å². The Balaban J connectivity index is 1.96. The van der Waals surface area contributed by atoms with Crippen molar-refractivity contribution in [2.75, 3.05) is 18.1 Å². The highest BCUT2D eigenvalue weighted by molar-refractivity contribution is 6.31. The molecule has 1 aliphatic rings. The van der Waals surface area contributed by atoms with Gasteiger partial charge >= 0.3 is 0 Å². The summed E-state index contributed by atoms with van der Waals surface area (Å²) in [7, 11) is 0. The standard InChI is InChI=1S/C16H16ClN3O2/c1-10(18)13-5-6-14-15(19-13)22-8-7-20(14)16(21)11-3-2-4-12(17)9-11/h2-6,9-10H,7-8,18H2,1H3. The van der Waals surface area contributed by atoms with E-state index in [9.17, 15) is 4.79 Å². The van der Waals surface area contributed by atoms with E-state index < -0.39 is 0 Å². The van der Waals surface area contributed by atoms with Gasteiger partial charge in [0.15, 0.2) is 0 Å². The number of carbonyl (C=O) groups excluding carboxylic acids is 1. The van der Waals surface area contributed by atoms with Gasteiger partial charge in [-0.25, -0.2) is 4.98 Å². The average molecular weight is 318 g/mol. The van der Waals surface area contributed by atoms with Crippen molar-refractivity contribution in [2.24, 2.45) is 5.73 Å². The van der Waals surface area contributed by atoms with E-state index in [1.807, 2.05) is 19.1 Å². The third-order valence-corrected chi connectivity index (χ3v) is 3.72. The van der Waals surface area contributed by atoms with Crippen LogP contribution in [-0.2, 0) is 0 Å². The Kier molecular flexibility index (Phi) is 4.00. The normalized spacial score (nSPS) is 15.0. The number of rotatable bonds is 2. The lowest BCUT2D eigenvalue weighted by molar-refractivity contribution is 0.0975. The summed E-state index contributed by atoms with van der Waals surface area (Å²) in [4.78, 5) is 18.7. The van der Waals surface area contributed by atoms with Gasteiger partial charge in [-0.15, -0.1) is 0 Å². The largest absolute Gasteiger partial charge is 0.474 e. The number of hydrogen-bond acceptors (Lipinski definition) is 4. The lowest BCUT2D eigenvalue weighted by atomic mass is 10.1. The molecule has 5 nitrogen and oxygen atoms in total. The van der Waals surface area contributed by atoms with Gasteiger partial charge in [0.1, 0.15) is 12.3 Å². The Morgan fingerprint density at radius 2 is 2.23 bits per heavy atom. The number of halogens is 1. The summed E-state index contributed by atoms with van der Waals surface area (Å²) in [6.45, 7) is 2.72. The zero-order valence-corrected chi connectivity index (χ0v) is 12.9. The van der Waals surface area contributed by atoms with Crippen LogP contribution in [0.4, 0.5) is 5.69 Å². The van der Waals surface area contributed by atoms with Crippen molar-refractivity contribution in [3.05, 3.63) is 52.7 Å². The number of carbonyl (C=O) groups is 1. The quantitative estimate of drug-likeness (QED) is 0.924. The van der Waals surface area contributed by atoms with Crippen molar-refractivity contribution in [1.29, 1.82) is 0 Å². The van der Waals surface area contributed by atoms with Crippen LogP contribution in [0.1, 0.15) is 29.0 Å². The van der Waals surface area contributed by atoms with Crippen molar-refractivity contribution in [3.8, 4) is 5.88 Å². The molecule has 3 rings (SSSR count). The maximum Gasteiger partial charge on any atom is 0.258 e. The molecule has 1 aliphatic heterocycles. The maximum absolute atomic E-state index is 12.7. The smallest absolute Gasteiger partial charge is 0.258 e. The van der Waals surface area contributed by atoms with Gasteiger partial charge in [0, 0.05) is 16.6 Å². The number of aromatic nitrogens is 1. The molecule has 2 heterocycles. The van der Waals surface area contributed by atoms with E-state index in [2.05, 4.69) is 4.98 Å². The van der Waals surface area contributed by atoms with Crippen LogP contribution >= 0.6 is 11.6 Å². The number of ether oxygens (including phenoxy) is 1. The lowest BCUT2D eigenvalue weighted by Gasteiger charge is -2.29. The summed E-state index contributed by atoms with van der Waals surface area (Å²) in [5.41, 5.74) is 7.76. The Morgan fingerprint density at radius 3 is 2.95 bits per heavy atom. The minimum Gasteiger partial charge on any atom is -0.474 e. The van der Waals surface area contributed by atoms with Gasteiger partial charge in [-0.05, 0) is 37.3 Å².